The van der Waals surface area contributed by atoms with E-state index in [1.165, 1.54) is 0 Å². The van der Waals surface area contributed by atoms with Gasteiger partial charge in [0.2, 0.25) is 0 Å². The zero-order valence-electron chi connectivity index (χ0n) is 8.85. The quantitative estimate of drug-likeness (QED) is 0.752. The Kier molecular flexibility index (Phi) is 3.11. The Morgan fingerprint density at radius 2 is 2.27 bits per heavy atom. The van der Waals surface area contributed by atoms with E-state index < -0.39 is 0 Å². The fraction of sp³-hybridized carbons (Fsp3) is 0.500. The van der Waals surface area contributed by atoms with Gasteiger partial charge in [-0.15, -0.1) is 0 Å². The van der Waals surface area contributed by atoms with Gasteiger partial charge in [-0.05, 0) is 31.0 Å². The standard InChI is InChI=1S/C12H15NO2/c1-9-11(4-7-15-9)12(14)8-10-2-5-13-6-3-10/h2-3,5-6,9,11H,4,7-8H2,1H3. The minimum absolute atomic E-state index is 0.0816. The first-order valence-electron chi connectivity index (χ1n) is 5.30. The minimum atomic E-state index is 0.0816. The van der Waals surface area contributed by atoms with Crippen molar-refractivity contribution in [2.45, 2.75) is 25.9 Å². The normalized spacial score (nSPS) is 25.4. The number of rotatable bonds is 3. The molecule has 0 spiro atoms. The Hall–Kier alpha value is -1.22. The number of carbonyl (C=O) groups is 1. The van der Waals surface area contributed by atoms with E-state index >= 15 is 0 Å². The van der Waals surface area contributed by atoms with Crippen molar-refractivity contribution in [3.8, 4) is 0 Å². The number of ether oxygens (including phenoxy) is 1. The lowest BCUT2D eigenvalue weighted by Gasteiger charge is -2.12. The molecule has 1 aliphatic heterocycles. The van der Waals surface area contributed by atoms with Gasteiger partial charge in [-0.25, -0.2) is 0 Å². The molecule has 0 saturated carbocycles. The summed E-state index contributed by atoms with van der Waals surface area (Å²) in [6, 6.07) is 3.77. The molecule has 2 rings (SSSR count). The minimum Gasteiger partial charge on any atom is -0.378 e. The average Bonchev–Trinajstić information content (AvgIpc) is 2.66. The van der Waals surface area contributed by atoms with Gasteiger partial charge < -0.3 is 4.74 Å². The van der Waals surface area contributed by atoms with Gasteiger partial charge in [0.05, 0.1) is 6.10 Å². The van der Waals surface area contributed by atoms with Crippen LogP contribution in [-0.2, 0) is 16.0 Å². The smallest absolute Gasteiger partial charge is 0.142 e. The van der Waals surface area contributed by atoms with Crippen LogP contribution in [0.4, 0.5) is 0 Å². The van der Waals surface area contributed by atoms with Crippen LogP contribution >= 0.6 is 0 Å². The number of hydrogen-bond donors (Lipinski definition) is 0. The lowest BCUT2D eigenvalue weighted by Crippen LogP contribution is -2.23. The van der Waals surface area contributed by atoms with Crippen LogP contribution < -0.4 is 0 Å². The first-order chi connectivity index (χ1) is 7.27. The maximum atomic E-state index is 11.9. The van der Waals surface area contributed by atoms with Crippen molar-refractivity contribution in [3.63, 3.8) is 0 Å². The van der Waals surface area contributed by atoms with E-state index in [2.05, 4.69) is 4.98 Å². The predicted molar refractivity (Wildman–Crippen MR) is 56.5 cm³/mol. The molecule has 0 radical (unpaired) electrons. The summed E-state index contributed by atoms with van der Waals surface area (Å²) in [5.74, 6) is 0.365. The van der Waals surface area contributed by atoms with Crippen LogP contribution in [-0.4, -0.2) is 23.5 Å². The van der Waals surface area contributed by atoms with Crippen molar-refractivity contribution in [1.82, 2.24) is 4.98 Å². The predicted octanol–water partition coefficient (Wildman–Crippen LogP) is 1.62. The van der Waals surface area contributed by atoms with E-state index in [0.29, 0.717) is 13.0 Å². The Morgan fingerprint density at radius 1 is 1.53 bits per heavy atom. The molecule has 0 bridgehead atoms. The number of nitrogens with zero attached hydrogens (tertiary/aromatic N) is 1. The van der Waals surface area contributed by atoms with E-state index in [-0.39, 0.29) is 17.8 Å². The van der Waals surface area contributed by atoms with E-state index in [4.69, 9.17) is 4.74 Å². The maximum Gasteiger partial charge on any atom is 0.142 e. The molecule has 2 unspecified atom stereocenters. The van der Waals surface area contributed by atoms with Gasteiger partial charge in [0, 0.05) is 31.3 Å². The number of pyridine rings is 1. The van der Waals surface area contributed by atoms with E-state index in [1.54, 1.807) is 12.4 Å². The largest absolute Gasteiger partial charge is 0.378 e. The summed E-state index contributed by atoms with van der Waals surface area (Å²) in [6.45, 7) is 2.69. The molecule has 0 amide bonds. The number of ketones is 1. The van der Waals surface area contributed by atoms with Crippen molar-refractivity contribution < 1.29 is 9.53 Å². The van der Waals surface area contributed by atoms with Gasteiger partial charge >= 0.3 is 0 Å². The monoisotopic (exact) mass is 205 g/mol. The summed E-state index contributed by atoms with van der Waals surface area (Å²) < 4.78 is 5.39. The number of carbonyl (C=O) groups excluding carboxylic acids is 1. The molecule has 3 heteroatoms. The molecule has 0 aliphatic carbocycles. The first-order valence-corrected chi connectivity index (χ1v) is 5.30. The van der Waals surface area contributed by atoms with Gasteiger partial charge in [-0.2, -0.15) is 0 Å². The summed E-state index contributed by atoms with van der Waals surface area (Å²) in [5, 5.41) is 0. The maximum absolute atomic E-state index is 11.9. The van der Waals surface area contributed by atoms with Gasteiger partial charge in [0.15, 0.2) is 0 Å². The van der Waals surface area contributed by atoms with Crippen LogP contribution in [0.25, 0.3) is 0 Å². The van der Waals surface area contributed by atoms with Crippen molar-refractivity contribution in [2.24, 2.45) is 5.92 Å². The van der Waals surface area contributed by atoms with Crippen molar-refractivity contribution in [1.29, 1.82) is 0 Å². The van der Waals surface area contributed by atoms with Crippen molar-refractivity contribution in [2.75, 3.05) is 6.61 Å². The topological polar surface area (TPSA) is 39.2 Å². The average molecular weight is 205 g/mol. The lowest BCUT2D eigenvalue weighted by atomic mass is 9.93. The zero-order chi connectivity index (χ0) is 10.7. The molecule has 15 heavy (non-hydrogen) atoms. The first kappa shape index (κ1) is 10.3. The Morgan fingerprint density at radius 3 is 2.87 bits per heavy atom. The van der Waals surface area contributed by atoms with Crippen LogP contribution in [0.15, 0.2) is 24.5 Å². The van der Waals surface area contributed by atoms with Crippen molar-refractivity contribution in [3.05, 3.63) is 30.1 Å². The van der Waals surface area contributed by atoms with Crippen LogP contribution in [0.5, 0.6) is 0 Å². The Balaban J connectivity index is 1.98. The molecule has 1 fully saturated rings. The Bertz CT molecular complexity index is 337. The van der Waals surface area contributed by atoms with Crippen LogP contribution in [0.1, 0.15) is 18.9 Å². The second kappa shape index (κ2) is 4.53. The lowest BCUT2D eigenvalue weighted by molar-refractivity contribution is -0.123. The molecule has 1 saturated heterocycles. The zero-order valence-corrected chi connectivity index (χ0v) is 8.85. The SMILES string of the molecule is CC1OCCC1C(=O)Cc1ccncc1. The van der Waals surface area contributed by atoms with Crippen LogP contribution in [0, 0.1) is 5.92 Å². The summed E-state index contributed by atoms with van der Waals surface area (Å²) in [4.78, 5) is 15.9. The van der Waals surface area contributed by atoms with E-state index in [9.17, 15) is 4.79 Å². The van der Waals surface area contributed by atoms with Crippen molar-refractivity contribution >= 4 is 5.78 Å². The fourth-order valence-corrected chi connectivity index (χ4v) is 1.99. The van der Waals surface area contributed by atoms with Gasteiger partial charge in [-0.1, -0.05) is 0 Å². The number of Topliss-reactive ketones (excluding diaryl/α,β-unsaturated/α-hetero) is 1. The molecule has 0 N–H and O–H groups in total. The van der Waals surface area contributed by atoms with Gasteiger partial charge in [0.1, 0.15) is 5.78 Å². The highest BCUT2D eigenvalue weighted by Gasteiger charge is 2.30. The molecule has 1 aromatic rings. The molecular formula is C12H15NO2. The van der Waals surface area contributed by atoms with E-state index in [1.807, 2.05) is 19.1 Å². The molecule has 3 nitrogen and oxygen atoms in total. The molecule has 2 heterocycles. The third-order valence-corrected chi connectivity index (χ3v) is 2.92. The second-order valence-electron chi connectivity index (χ2n) is 3.97. The molecule has 2 atom stereocenters. The third kappa shape index (κ3) is 2.42. The molecular weight excluding hydrogens is 190 g/mol. The van der Waals surface area contributed by atoms with Crippen LogP contribution in [0.2, 0.25) is 0 Å². The summed E-state index contributed by atoms with van der Waals surface area (Å²) >= 11 is 0. The number of aromatic nitrogens is 1. The van der Waals surface area contributed by atoms with Crippen LogP contribution in [0.3, 0.4) is 0 Å². The highest BCUT2D eigenvalue weighted by atomic mass is 16.5. The second-order valence-corrected chi connectivity index (χ2v) is 3.97. The highest BCUT2D eigenvalue weighted by molar-refractivity contribution is 5.83. The van der Waals surface area contributed by atoms with E-state index in [0.717, 1.165) is 12.0 Å². The fourth-order valence-electron chi connectivity index (χ4n) is 1.99. The summed E-state index contributed by atoms with van der Waals surface area (Å²) in [7, 11) is 0. The molecule has 1 aliphatic rings. The molecule has 0 aromatic carbocycles. The molecule has 1 aromatic heterocycles. The molecule has 80 valence electrons. The van der Waals surface area contributed by atoms with Gasteiger partial charge in [-0.3, -0.25) is 9.78 Å². The summed E-state index contributed by atoms with van der Waals surface area (Å²) in [5.41, 5.74) is 1.04. The Labute approximate surface area is 89.5 Å². The number of hydrogen-bond acceptors (Lipinski definition) is 3. The highest BCUT2D eigenvalue weighted by Crippen LogP contribution is 2.22. The third-order valence-electron chi connectivity index (χ3n) is 2.92. The van der Waals surface area contributed by atoms with Gasteiger partial charge in [0.25, 0.3) is 0 Å². The summed E-state index contributed by atoms with van der Waals surface area (Å²) in [6.07, 6.45) is 4.89.